The molecule has 0 aliphatic heterocycles. The van der Waals surface area contributed by atoms with E-state index < -0.39 is 18.2 Å². The summed E-state index contributed by atoms with van der Waals surface area (Å²) in [7, 11) is 0. The molecule has 0 aromatic heterocycles. The van der Waals surface area contributed by atoms with E-state index in [2.05, 4.69) is 55.6 Å². The zero-order valence-corrected chi connectivity index (χ0v) is 32.3. The molecule has 0 fully saturated rings. The van der Waals surface area contributed by atoms with E-state index in [1.54, 1.807) is 6.08 Å². The summed E-state index contributed by atoms with van der Waals surface area (Å²) in [6, 6.07) is -0.766. The predicted octanol–water partition coefficient (Wildman–Crippen LogP) is 11.8. The Morgan fingerprint density at radius 1 is 0.531 bits per heavy atom. The molecule has 3 unspecified atom stereocenters. The Morgan fingerprint density at radius 2 is 0.939 bits per heavy atom. The lowest BCUT2D eigenvalue weighted by molar-refractivity contribution is -0.124. The number of hydrogen-bond donors (Lipinski definition) is 4. The van der Waals surface area contributed by atoms with Crippen LogP contribution in [0.5, 0.6) is 0 Å². The lowest BCUT2D eigenvalue weighted by atomic mass is 10.0. The number of nitrogens with one attached hydrogen (secondary N) is 1. The van der Waals surface area contributed by atoms with Crippen molar-refractivity contribution in [2.75, 3.05) is 6.61 Å². The number of rotatable bonds is 37. The molecular formula is C44H81NO4. The van der Waals surface area contributed by atoms with Crippen LogP contribution >= 0.6 is 0 Å². The average Bonchev–Trinajstić information content (AvgIpc) is 3.09. The second-order valence-corrected chi connectivity index (χ2v) is 14.2. The van der Waals surface area contributed by atoms with Crippen molar-refractivity contribution in [3.8, 4) is 0 Å². The molecule has 0 saturated carbocycles. The molecule has 286 valence electrons. The maximum absolute atomic E-state index is 12.4. The van der Waals surface area contributed by atoms with E-state index >= 15 is 0 Å². The average molecular weight is 688 g/mol. The first-order valence-corrected chi connectivity index (χ1v) is 20.9. The van der Waals surface area contributed by atoms with Gasteiger partial charge in [-0.05, 0) is 64.2 Å². The maximum atomic E-state index is 12.4. The molecule has 0 aliphatic rings. The SMILES string of the molecule is CCCCC/C=C\C/C=C\CCCCCCCC(O)CC(=O)NC(CO)C(O)/C=C/CC/C=C/CCCCCCCCCCCCCCC. The van der Waals surface area contributed by atoms with Gasteiger partial charge in [0, 0.05) is 0 Å². The van der Waals surface area contributed by atoms with Crippen LogP contribution in [-0.2, 0) is 4.79 Å². The summed E-state index contributed by atoms with van der Waals surface area (Å²) in [5.74, 6) is -0.335. The third-order valence-electron chi connectivity index (χ3n) is 9.34. The van der Waals surface area contributed by atoms with E-state index in [0.717, 1.165) is 51.4 Å². The van der Waals surface area contributed by atoms with Gasteiger partial charge in [-0.15, -0.1) is 0 Å². The van der Waals surface area contributed by atoms with Gasteiger partial charge >= 0.3 is 0 Å². The fourth-order valence-corrected chi connectivity index (χ4v) is 6.09. The van der Waals surface area contributed by atoms with Gasteiger partial charge in [-0.1, -0.05) is 178 Å². The zero-order valence-electron chi connectivity index (χ0n) is 32.3. The van der Waals surface area contributed by atoms with Crippen LogP contribution in [-0.4, -0.2) is 46.1 Å². The van der Waals surface area contributed by atoms with Crippen molar-refractivity contribution in [2.24, 2.45) is 0 Å². The van der Waals surface area contributed by atoms with Gasteiger partial charge in [0.25, 0.3) is 0 Å². The van der Waals surface area contributed by atoms with Crippen molar-refractivity contribution in [2.45, 2.75) is 218 Å². The van der Waals surface area contributed by atoms with E-state index in [0.29, 0.717) is 6.42 Å². The van der Waals surface area contributed by atoms with Gasteiger partial charge in [0.05, 0.1) is 31.3 Å². The van der Waals surface area contributed by atoms with Crippen molar-refractivity contribution >= 4 is 5.91 Å². The van der Waals surface area contributed by atoms with Gasteiger partial charge in [-0.2, -0.15) is 0 Å². The highest BCUT2D eigenvalue weighted by Crippen LogP contribution is 2.14. The van der Waals surface area contributed by atoms with Crippen LogP contribution in [0.2, 0.25) is 0 Å². The molecule has 0 aliphatic carbocycles. The zero-order chi connectivity index (χ0) is 35.9. The van der Waals surface area contributed by atoms with E-state index in [1.165, 1.54) is 122 Å². The molecule has 0 spiro atoms. The lowest BCUT2D eigenvalue weighted by Crippen LogP contribution is -2.45. The molecule has 0 rings (SSSR count). The van der Waals surface area contributed by atoms with Crippen molar-refractivity contribution < 1.29 is 20.1 Å². The van der Waals surface area contributed by atoms with E-state index in [1.807, 2.05) is 6.08 Å². The van der Waals surface area contributed by atoms with Gasteiger partial charge in [-0.25, -0.2) is 0 Å². The Kier molecular flexibility index (Phi) is 37.8. The smallest absolute Gasteiger partial charge is 0.222 e. The molecular weight excluding hydrogens is 606 g/mol. The first-order valence-electron chi connectivity index (χ1n) is 20.9. The van der Waals surface area contributed by atoms with Crippen molar-refractivity contribution in [1.29, 1.82) is 0 Å². The first kappa shape index (κ1) is 47.3. The fraction of sp³-hybridized carbons (Fsp3) is 0.795. The fourth-order valence-electron chi connectivity index (χ4n) is 6.09. The van der Waals surface area contributed by atoms with Crippen LogP contribution in [0, 0.1) is 0 Å². The summed E-state index contributed by atoms with van der Waals surface area (Å²) in [5, 5.41) is 33.1. The van der Waals surface area contributed by atoms with Crippen molar-refractivity contribution in [3.05, 3.63) is 48.6 Å². The standard InChI is InChI=1S/C44H81NO4/c1-3-5-7-9-11-13-15-17-19-20-21-22-24-26-28-30-32-34-36-38-43(48)42(40-46)45-44(49)39-41(47)37-35-33-31-29-27-25-23-18-16-14-12-10-8-6-4-2/h12,14,18,23,28,30,36,38,41-43,46-48H,3-11,13,15-17,19-22,24-27,29,31-35,37,39-40H2,1-2H3,(H,45,49)/b14-12-,23-18-,30-28+,38-36+. The quantitative estimate of drug-likeness (QED) is 0.0386. The molecule has 4 N–H and O–H groups in total. The summed E-state index contributed by atoms with van der Waals surface area (Å²) in [4.78, 5) is 12.4. The number of unbranched alkanes of at least 4 members (excludes halogenated alkanes) is 22. The molecule has 0 heterocycles. The van der Waals surface area contributed by atoms with E-state index in [4.69, 9.17) is 0 Å². The van der Waals surface area contributed by atoms with Gasteiger partial charge in [0.1, 0.15) is 0 Å². The molecule has 0 saturated heterocycles. The Labute approximate surface area is 304 Å². The van der Waals surface area contributed by atoms with Crippen LogP contribution < -0.4 is 5.32 Å². The largest absolute Gasteiger partial charge is 0.394 e. The van der Waals surface area contributed by atoms with Gasteiger partial charge in [0.2, 0.25) is 5.91 Å². The molecule has 3 atom stereocenters. The number of carbonyl (C=O) groups excluding carboxylic acids is 1. The minimum atomic E-state index is -0.956. The Bertz CT molecular complexity index is 805. The number of amides is 1. The molecule has 0 aromatic carbocycles. The highest BCUT2D eigenvalue weighted by molar-refractivity contribution is 5.76. The summed E-state index contributed by atoms with van der Waals surface area (Å²) < 4.78 is 0. The van der Waals surface area contributed by atoms with Crippen LogP contribution in [0.15, 0.2) is 48.6 Å². The summed E-state index contributed by atoms with van der Waals surface area (Å²) in [6.07, 6.45) is 49.6. The molecule has 0 bridgehead atoms. The summed E-state index contributed by atoms with van der Waals surface area (Å²) in [6.45, 7) is 4.16. The van der Waals surface area contributed by atoms with Gasteiger partial charge in [0.15, 0.2) is 0 Å². The number of carbonyl (C=O) groups is 1. The molecule has 5 nitrogen and oxygen atoms in total. The number of aliphatic hydroxyl groups excluding tert-OH is 3. The van der Waals surface area contributed by atoms with Gasteiger partial charge < -0.3 is 20.6 Å². The molecule has 5 heteroatoms. The van der Waals surface area contributed by atoms with E-state index in [9.17, 15) is 20.1 Å². The molecule has 0 radical (unpaired) electrons. The third kappa shape index (κ3) is 35.9. The second-order valence-electron chi connectivity index (χ2n) is 14.2. The first-order chi connectivity index (χ1) is 24.0. The number of aliphatic hydroxyl groups is 3. The lowest BCUT2D eigenvalue weighted by Gasteiger charge is -2.20. The molecule has 1 amide bonds. The highest BCUT2D eigenvalue weighted by Gasteiger charge is 2.20. The summed E-state index contributed by atoms with van der Waals surface area (Å²) in [5.41, 5.74) is 0. The minimum absolute atomic E-state index is 0.00513. The van der Waals surface area contributed by atoms with Crippen molar-refractivity contribution in [1.82, 2.24) is 5.32 Å². The maximum Gasteiger partial charge on any atom is 0.222 e. The monoisotopic (exact) mass is 688 g/mol. The number of hydrogen-bond acceptors (Lipinski definition) is 4. The highest BCUT2D eigenvalue weighted by atomic mass is 16.3. The van der Waals surface area contributed by atoms with Crippen LogP contribution in [0.4, 0.5) is 0 Å². The molecule has 49 heavy (non-hydrogen) atoms. The van der Waals surface area contributed by atoms with E-state index in [-0.39, 0.29) is 18.9 Å². The van der Waals surface area contributed by atoms with Crippen LogP contribution in [0.25, 0.3) is 0 Å². The number of allylic oxidation sites excluding steroid dienone is 7. The predicted molar refractivity (Wildman–Crippen MR) is 213 cm³/mol. The Hall–Kier alpha value is -1.69. The Balaban J connectivity index is 3.77. The molecule has 0 aromatic rings. The topological polar surface area (TPSA) is 89.8 Å². The second kappa shape index (κ2) is 39.1. The normalized spacial score (nSPS) is 14.1. The summed E-state index contributed by atoms with van der Waals surface area (Å²) >= 11 is 0. The third-order valence-corrected chi connectivity index (χ3v) is 9.34. The van der Waals surface area contributed by atoms with Crippen LogP contribution in [0.1, 0.15) is 200 Å². The minimum Gasteiger partial charge on any atom is -0.394 e. The Morgan fingerprint density at radius 3 is 1.47 bits per heavy atom. The van der Waals surface area contributed by atoms with Gasteiger partial charge in [-0.3, -0.25) is 4.79 Å². The van der Waals surface area contributed by atoms with Crippen molar-refractivity contribution in [3.63, 3.8) is 0 Å². The van der Waals surface area contributed by atoms with Crippen LogP contribution in [0.3, 0.4) is 0 Å².